The highest BCUT2D eigenvalue weighted by Gasteiger charge is 2.30. The topological polar surface area (TPSA) is 92.6 Å². The molecule has 0 amide bonds. The summed E-state index contributed by atoms with van der Waals surface area (Å²) in [5, 5.41) is 14.3. The fraction of sp³-hybridized carbons (Fsp3) is 0.538. The zero-order valence-corrected chi connectivity index (χ0v) is 12.7. The molecule has 21 heavy (non-hydrogen) atoms. The number of benzene rings is 1. The van der Waals surface area contributed by atoms with Crippen molar-refractivity contribution in [2.75, 3.05) is 20.1 Å². The third-order valence-corrected chi connectivity index (χ3v) is 5.51. The molecule has 0 aromatic heterocycles. The van der Waals surface area contributed by atoms with E-state index in [-0.39, 0.29) is 16.6 Å². The molecule has 8 heteroatoms. The molecule has 1 fully saturated rings. The maximum Gasteiger partial charge on any atom is 0.289 e. The van der Waals surface area contributed by atoms with Crippen LogP contribution < -0.4 is 5.32 Å². The minimum Gasteiger partial charge on any atom is -0.313 e. The van der Waals surface area contributed by atoms with Crippen LogP contribution in [-0.4, -0.2) is 43.8 Å². The second kappa shape index (κ2) is 6.50. The fourth-order valence-corrected chi connectivity index (χ4v) is 3.85. The predicted octanol–water partition coefficient (Wildman–Crippen LogP) is 1.36. The molecule has 0 spiro atoms. The maximum absolute atomic E-state index is 12.5. The Kier molecular flexibility index (Phi) is 4.92. The second-order valence-electron chi connectivity index (χ2n) is 5.16. The Morgan fingerprint density at radius 3 is 2.71 bits per heavy atom. The Bertz CT molecular complexity index is 612. The van der Waals surface area contributed by atoms with E-state index in [1.807, 2.05) is 0 Å². The van der Waals surface area contributed by atoms with Gasteiger partial charge in [-0.05, 0) is 25.5 Å². The van der Waals surface area contributed by atoms with E-state index in [0.29, 0.717) is 6.54 Å². The number of piperidine rings is 1. The Balaban J connectivity index is 2.22. The molecule has 1 aliphatic heterocycles. The van der Waals surface area contributed by atoms with Crippen LogP contribution in [0.5, 0.6) is 0 Å². The third-order valence-electron chi connectivity index (χ3n) is 3.64. The number of nitro benzene ring substituents is 1. The molecule has 1 N–H and O–H groups in total. The number of rotatable bonds is 5. The van der Waals surface area contributed by atoms with E-state index in [9.17, 15) is 18.5 Å². The van der Waals surface area contributed by atoms with Crippen LogP contribution >= 0.6 is 0 Å². The molecule has 1 atom stereocenters. The molecule has 1 heterocycles. The van der Waals surface area contributed by atoms with E-state index in [1.165, 1.54) is 35.6 Å². The van der Waals surface area contributed by atoms with Crippen LogP contribution in [0.4, 0.5) is 5.69 Å². The Morgan fingerprint density at radius 2 is 2.10 bits per heavy atom. The molecule has 1 aliphatic rings. The first-order valence-electron chi connectivity index (χ1n) is 6.86. The van der Waals surface area contributed by atoms with Crippen LogP contribution in [0, 0.1) is 10.1 Å². The molecule has 0 bridgehead atoms. The van der Waals surface area contributed by atoms with E-state index < -0.39 is 14.9 Å². The lowest BCUT2D eigenvalue weighted by Crippen LogP contribution is -2.44. The number of nitro groups is 1. The Morgan fingerprint density at radius 1 is 1.38 bits per heavy atom. The van der Waals surface area contributed by atoms with Gasteiger partial charge >= 0.3 is 0 Å². The van der Waals surface area contributed by atoms with Crippen LogP contribution in [0.3, 0.4) is 0 Å². The predicted molar refractivity (Wildman–Crippen MR) is 78.6 cm³/mol. The Labute approximate surface area is 124 Å². The number of sulfonamides is 1. The molecule has 0 radical (unpaired) electrons. The van der Waals surface area contributed by atoms with E-state index in [0.717, 1.165) is 25.8 Å². The summed E-state index contributed by atoms with van der Waals surface area (Å²) < 4.78 is 26.2. The molecular formula is C13H19N3O4S. The highest BCUT2D eigenvalue weighted by molar-refractivity contribution is 7.89. The fourth-order valence-electron chi connectivity index (χ4n) is 2.48. The second-order valence-corrected chi connectivity index (χ2v) is 7.17. The van der Waals surface area contributed by atoms with Gasteiger partial charge in [-0.15, -0.1) is 0 Å². The van der Waals surface area contributed by atoms with Gasteiger partial charge in [-0.3, -0.25) is 10.1 Å². The third kappa shape index (κ3) is 3.58. The van der Waals surface area contributed by atoms with Gasteiger partial charge in [0.1, 0.15) is 0 Å². The van der Waals surface area contributed by atoms with E-state index in [1.54, 1.807) is 0 Å². The molecule has 1 unspecified atom stereocenters. The smallest absolute Gasteiger partial charge is 0.289 e. The number of nitrogens with zero attached hydrogens (tertiary/aromatic N) is 2. The zero-order valence-electron chi connectivity index (χ0n) is 11.9. The van der Waals surface area contributed by atoms with E-state index in [4.69, 9.17) is 0 Å². The van der Waals surface area contributed by atoms with Crippen molar-refractivity contribution < 1.29 is 13.3 Å². The highest BCUT2D eigenvalue weighted by atomic mass is 32.2. The first kappa shape index (κ1) is 15.9. The van der Waals surface area contributed by atoms with E-state index in [2.05, 4.69) is 5.32 Å². The van der Waals surface area contributed by atoms with Crippen molar-refractivity contribution in [3.8, 4) is 0 Å². The van der Waals surface area contributed by atoms with Crippen LogP contribution in [-0.2, 0) is 10.0 Å². The van der Waals surface area contributed by atoms with Gasteiger partial charge in [0, 0.05) is 25.7 Å². The summed E-state index contributed by atoms with van der Waals surface area (Å²) in [6, 6.07) is 5.53. The SMILES string of the molecule is CN(CC1CCCCN1)S(=O)(=O)c1ccccc1[N+](=O)[O-]. The number of hydrogen-bond donors (Lipinski definition) is 1. The normalized spacial score (nSPS) is 19.6. The van der Waals surface area contributed by atoms with Crippen molar-refractivity contribution in [3.05, 3.63) is 34.4 Å². The summed E-state index contributed by atoms with van der Waals surface area (Å²) in [6.07, 6.45) is 3.07. The summed E-state index contributed by atoms with van der Waals surface area (Å²) in [5.41, 5.74) is -0.388. The van der Waals surface area contributed by atoms with Crippen molar-refractivity contribution in [1.29, 1.82) is 0 Å². The van der Waals surface area contributed by atoms with Crippen LogP contribution in [0.25, 0.3) is 0 Å². The van der Waals surface area contributed by atoms with Gasteiger partial charge in [-0.2, -0.15) is 4.31 Å². The molecule has 7 nitrogen and oxygen atoms in total. The monoisotopic (exact) mass is 313 g/mol. The first-order chi connectivity index (χ1) is 9.93. The molecule has 0 aliphatic carbocycles. The van der Waals surface area contributed by atoms with Gasteiger partial charge in [-0.25, -0.2) is 8.42 Å². The highest BCUT2D eigenvalue weighted by Crippen LogP contribution is 2.26. The molecule has 2 rings (SSSR count). The van der Waals surface area contributed by atoms with Crippen LogP contribution in [0.2, 0.25) is 0 Å². The molecule has 116 valence electrons. The summed E-state index contributed by atoms with van der Waals surface area (Å²) in [7, 11) is -2.40. The number of nitrogens with one attached hydrogen (secondary N) is 1. The lowest BCUT2D eigenvalue weighted by atomic mass is 10.1. The van der Waals surface area contributed by atoms with Gasteiger partial charge < -0.3 is 5.32 Å². The van der Waals surface area contributed by atoms with Gasteiger partial charge in [0.25, 0.3) is 5.69 Å². The lowest BCUT2D eigenvalue weighted by molar-refractivity contribution is -0.387. The van der Waals surface area contributed by atoms with Gasteiger partial charge in [0.15, 0.2) is 4.90 Å². The molecule has 1 saturated heterocycles. The number of hydrogen-bond acceptors (Lipinski definition) is 5. The van der Waals surface area contributed by atoms with Gasteiger partial charge in [0.2, 0.25) is 10.0 Å². The quantitative estimate of drug-likeness (QED) is 0.654. The zero-order chi connectivity index (χ0) is 15.5. The van der Waals surface area contributed by atoms with Crippen LogP contribution in [0.15, 0.2) is 29.2 Å². The van der Waals surface area contributed by atoms with Crippen molar-refractivity contribution >= 4 is 15.7 Å². The van der Waals surface area contributed by atoms with Gasteiger partial charge in [-0.1, -0.05) is 18.6 Å². The van der Waals surface area contributed by atoms with Crippen molar-refractivity contribution in [3.63, 3.8) is 0 Å². The number of para-hydroxylation sites is 1. The van der Waals surface area contributed by atoms with Crippen molar-refractivity contribution in [2.24, 2.45) is 0 Å². The summed E-state index contributed by atoms with van der Waals surface area (Å²) >= 11 is 0. The lowest BCUT2D eigenvalue weighted by Gasteiger charge is -2.27. The average Bonchev–Trinajstić information content (AvgIpc) is 2.48. The Hall–Kier alpha value is -1.51. The van der Waals surface area contributed by atoms with Crippen molar-refractivity contribution in [2.45, 2.75) is 30.2 Å². The first-order valence-corrected chi connectivity index (χ1v) is 8.30. The molecule has 0 saturated carbocycles. The number of likely N-dealkylation sites (N-methyl/N-ethyl adjacent to an activating group) is 1. The average molecular weight is 313 g/mol. The maximum atomic E-state index is 12.5. The standard InChI is InChI=1S/C13H19N3O4S/c1-15(10-11-6-4-5-9-14-11)21(19,20)13-8-3-2-7-12(13)16(17)18/h2-3,7-8,11,14H,4-6,9-10H2,1H3. The largest absolute Gasteiger partial charge is 0.313 e. The molecule has 1 aromatic carbocycles. The van der Waals surface area contributed by atoms with Crippen molar-refractivity contribution in [1.82, 2.24) is 9.62 Å². The van der Waals surface area contributed by atoms with E-state index >= 15 is 0 Å². The molecule has 1 aromatic rings. The summed E-state index contributed by atoms with van der Waals surface area (Å²) in [6.45, 7) is 1.19. The minimum absolute atomic E-state index is 0.0984. The summed E-state index contributed by atoms with van der Waals surface area (Å²) in [5.74, 6) is 0. The summed E-state index contributed by atoms with van der Waals surface area (Å²) in [4.78, 5) is 10.1. The van der Waals surface area contributed by atoms with Gasteiger partial charge in [0.05, 0.1) is 4.92 Å². The minimum atomic E-state index is -3.86. The molecular weight excluding hydrogens is 294 g/mol. The van der Waals surface area contributed by atoms with Crippen LogP contribution in [0.1, 0.15) is 19.3 Å².